The Balaban J connectivity index is 1.81. The fraction of sp³-hybridized carbons (Fsp3) is 0.538. The molecule has 92 valence electrons. The lowest BCUT2D eigenvalue weighted by molar-refractivity contribution is 0.0926. The van der Waals surface area contributed by atoms with Crippen LogP contribution in [0.2, 0.25) is 0 Å². The maximum atomic E-state index is 11.6. The van der Waals surface area contributed by atoms with Crippen LogP contribution in [0.1, 0.15) is 48.4 Å². The number of hydrazone groups is 1. The molecule has 1 fully saturated rings. The first-order valence-electron chi connectivity index (χ1n) is 6.15. The average molecular weight is 234 g/mol. The minimum absolute atomic E-state index is 0.287. The van der Waals surface area contributed by atoms with Crippen molar-refractivity contribution in [3.63, 3.8) is 0 Å². The van der Waals surface area contributed by atoms with E-state index in [1.165, 1.54) is 32.1 Å². The molecule has 0 aromatic carbocycles. The second-order valence-corrected chi connectivity index (χ2v) is 4.53. The zero-order chi connectivity index (χ0) is 12.1. The van der Waals surface area contributed by atoms with Crippen molar-refractivity contribution in [3.05, 3.63) is 23.7 Å². The first kappa shape index (κ1) is 11.9. The van der Waals surface area contributed by atoms with Crippen molar-refractivity contribution in [1.82, 2.24) is 5.43 Å². The van der Waals surface area contributed by atoms with E-state index in [0.29, 0.717) is 11.7 Å². The van der Waals surface area contributed by atoms with E-state index >= 15 is 0 Å². The largest absolute Gasteiger partial charge is 0.456 e. The number of nitrogens with zero attached hydrogens (tertiary/aromatic N) is 1. The van der Waals surface area contributed by atoms with Crippen LogP contribution in [-0.4, -0.2) is 12.1 Å². The second kappa shape index (κ2) is 5.66. The van der Waals surface area contributed by atoms with Gasteiger partial charge in [-0.1, -0.05) is 19.3 Å². The van der Waals surface area contributed by atoms with Gasteiger partial charge in [0.25, 0.3) is 0 Å². The lowest BCUT2D eigenvalue weighted by atomic mass is 9.90. The summed E-state index contributed by atoms with van der Waals surface area (Å²) in [4.78, 5) is 11.6. The monoisotopic (exact) mass is 234 g/mol. The smallest absolute Gasteiger partial charge is 0.307 e. The maximum Gasteiger partial charge on any atom is 0.307 e. The molecular formula is C13H18N2O2. The van der Waals surface area contributed by atoms with Gasteiger partial charge in [0.1, 0.15) is 5.76 Å². The summed E-state index contributed by atoms with van der Waals surface area (Å²) in [6, 6.07) is 3.42. The highest BCUT2D eigenvalue weighted by Gasteiger charge is 2.11. The molecule has 1 saturated carbocycles. The molecule has 17 heavy (non-hydrogen) atoms. The number of hydrogen-bond donors (Lipinski definition) is 1. The van der Waals surface area contributed by atoms with Gasteiger partial charge < -0.3 is 4.42 Å². The average Bonchev–Trinajstić information content (AvgIpc) is 2.77. The van der Waals surface area contributed by atoms with Crippen molar-refractivity contribution in [2.45, 2.75) is 39.0 Å². The Bertz CT molecular complexity index is 403. The molecule has 1 aromatic rings. The van der Waals surface area contributed by atoms with Gasteiger partial charge in [-0.15, -0.1) is 0 Å². The first-order chi connectivity index (χ1) is 8.25. The third kappa shape index (κ3) is 3.44. The Kier molecular flexibility index (Phi) is 3.96. The van der Waals surface area contributed by atoms with E-state index in [9.17, 15) is 4.79 Å². The highest BCUT2D eigenvalue weighted by molar-refractivity contribution is 5.91. The second-order valence-electron chi connectivity index (χ2n) is 4.53. The number of aryl methyl sites for hydroxylation is 1. The van der Waals surface area contributed by atoms with Gasteiger partial charge in [-0.05, 0) is 37.8 Å². The van der Waals surface area contributed by atoms with Crippen LogP contribution < -0.4 is 5.43 Å². The summed E-state index contributed by atoms with van der Waals surface area (Å²) in [5, 5.41) is 4.00. The molecular weight excluding hydrogens is 216 g/mol. The van der Waals surface area contributed by atoms with E-state index < -0.39 is 0 Å². The van der Waals surface area contributed by atoms with Crippen LogP contribution >= 0.6 is 0 Å². The number of hydrogen-bond acceptors (Lipinski definition) is 3. The van der Waals surface area contributed by atoms with Gasteiger partial charge in [0.05, 0.1) is 0 Å². The number of carbonyl (C=O) groups excluding carboxylic acids is 1. The number of rotatable bonds is 3. The van der Waals surface area contributed by atoms with Crippen LogP contribution in [-0.2, 0) is 0 Å². The lowest BCUT2D eigenvalue weighted by Gasteiger charge is -2.16. The molecule has 4 nitrogen and oxygen atoms in total. The predicted octanol–water partition coefficient (Wildman–Crippen LogP) is 2.88. The van der Waals surface area contributed by atoms with E-state index in [2.05, 4.69) is 10.5 Å². The van der Waals surface area contributed by atoms with Crippen LogP contribution in [0.4, 0.5) is 0 Å². The predicted molar refractivity (Wildman–Crippen MR) is 66.0 cm³/mol. The molecule has 1 amide bonds. The van der Waals surface area contributed by atoms with Gasteiger partial charge >= 0.3 is 5.91 Å². The molecule has 0 spiro atoms. The molecule has 1 aliphatic rings. The van der Waals surface area contributed by atoms with Crippen LogP contribution in [0.5, 0.6) is 0 Å². The summed E-state index contributed by atoms with van der Waals surface area (Å²) in [6.45, 7) is 1.81. The van der Waals surface area contributed by atoms with Gasteiger partial charge in [0.15, 0.2) is 5.76 Å². The number of carbonyl (C=O) groups is 1. The fourth-order valence-corrected chi connectivity index (χ4v) is 2.10. The molecule has 0 unspecified atom stereocenters. The summed E-state index contributed by atoms with van der Waals surface area (Å²) < 4.78 is 5.20. The Morgan fingerprint density at radius 3 is 2.82 bits per heavy atom. The van der Waals surface area contributed by atoms with Crippen molar-refractivity contribution in [3.8, 4) is 0 Å². The molecule has 1 heterocycles. The lowest BCUT2D eigenvalue weighted by Crippen LogP contribution is -2.18. The highest BCUT2D eigenvalue weighted by Crippen LogP contribution is 2.21. The van der Waals surface area contributed by atoms with E-state index in [0.717, 1.165) is 5.76 Å². The summed E-state index contributed by atoms with van der Waals surface area (Å²) in [5.74, 6) is 1.27. The van der Waals surface area contributed by atoms with Crippen molar-refractivity contribution in [1.29, 1.82) is 0 Å². The van der Waals surface area contributed by atoms with Crippen LogP contribution in [0.25, 0.3) is 0 Å². The number of furan rings is 1. The first-order valence-corrected chi connectivity index (χ1v) is 6.15. The van der Waals surface area contributed by atoms with E-state index in [1.54, 1.807) is 12.1 Å². The molecule has 0 atom stereocenters. The van der Waals surface area contributed by atoms with Gasteiger partial charge in [0.2, 0.25) is 0 Å². The highest BCUT2D eigenvalue weighted by atomic mass is 16.3. The summed E-state index contributed by atoms with van der Waals surface area (Å²) in [5.41, 5.74) is 2.50. The minimum atomic E-state index is -0.287. The Morgan fingerprint density at radius 2 is 2.18 bits per heavy atom. The van der Waals surface area contributed by atoms with Crippen LogP contribution in [0.15, 0.2) is 21.7 Å². The molecule has 4 heteroatoms. The standard InChI is InChI=1S/C13H18N2O2/c1-10-7-8-12(17-10)13(16)15-14-9-11-5-3-2-4-6-11/h7-9,11H,2-6H2,1H3,(H,15,16). The fourth-order valence-electron chi connectivity index (χ4n) is 2.10. The summed E-state index contributed by atoms with van der Waals surface area (Å²) in [6.07, 6.45) is 8.07. The van der Waals surface area contributed by atoms with E-state index in [4.69, 9.17) is 4.42 Å². The third-order valence-corrected chi connectivity index (χ3v) is 3.07. The normalized spacial score (nSPS) is 17.5. The molecule has 0 aliphatic heterocycles. The van der Waals surface area contributed by atoms with Gasteiger partial charge in [-0.2, -0.15) is 5.10 Å². The molecule has 1 N–H and O–H groups in total. The number of amides is 1. The maximum absolute atomic E-state index is 11.6. The number of nitrogens with one attached hydrogen (secondary N) is 1. The topological polar surface area (TPSA) is 54.6 Å². The Labute approximate surface area is 101 Å². The van der Waals surface area contributed by atoms with Crippen LogP contribution in [0.3, 0.4) is 0 Å². The summed E-state index contributed by atoms with van der Waals surface area (Å²) in [7, 11) is 0. The van der Waals surface area contributed by atoms with Gasteiger partial charge in [-0.25, -0.2) is 5.43 Å². The zero-order valence-electron chi connectivity index (χ0n) is 10.1. The van der Waals surface area contributed by atoms with E-state index in [-0.39, 0.29) is 5.91 Å². The molecule has 0 saturated heterocycles. The molecule has 0 bridgehead atoms. The van der Waals surface area contributed by atoms with Gasteiger partial charge in [0, 0.05) is 6.21 Å². The molecule has 0 radical (unpaired) electrons. The zero-order valence-corrected chi connectivity index (χ0v) is 10.1. The Hall–Kier alpha value is -1.58. The van der Waals surface area contributed by atoms with Crippen molar-refractivity contribution in [2.24, 2.45) is 11.0 Å². The molecule has 1 aromatic heterocycles. The SMILES string of the molecule is Cc1ccc(C(=O)NN=CC2CCCCC2)o1. The molecule has 2 rings (SSSR count). The van der Waals surface area contributed by atoms with Crippen molar-refractivity contribution < 1.29 is 9.21 Å². The van der Waals surface area contributed by atoms with Crippen LogP contribution in [0, 0.1) is 12.8 Å². The third-order valence-electron chi connectivity index (χ3n) is 3.07. The molecule has 1 aliphatic carbocycles. The van der Waals surface area contributed by atoms with Crippen molar-refractivity contribution >= 4 is 12.1 Å². The minimum Gasteiger partial charge on any atom is -0.456 e. The summed E-state index contributed by atoms with van der Waals surface area (Å²) >= 11 is 0. The quantitative estimate of drug-likeness (QED) is 0.645. The van der Waals surface area contributed by atoms with Gasteiger partial charge in [-0.3, -0.25) is 4.79 Å². The van der Waals surface area contributed by atoms with E-state index in [1.807, 2.05) is 13.1 Å². The van der Waals surface area contributed by atoms with Crippen molar-refractivity contribution in [2.75, 3.05) is 0 Å². The Morgan fingerprint density at radius 1 is 1.41 bits per heavy atom.